The molecule has 0 heterocycles. The first-order chi connectivity index (χ1) is 11.5. The number of urea groups is 2. The third-order valence-corrected chi connectivity index (χ3v) is 3.39. The molecule has 4 N–H and O–H groups in total. The number of rotatable bonds is 5. The summed E-state index contributed by atoms with van der Waals surface area (Å²) >= 11 is 11.6. The first-order valence-corrected chi connectivity index (χ1v) is 7.95. The molecule has 2 aromatic rings. The molecule has 0 saturated heterocycles. The van der Waals surface area contributed by atoms with Crippen LogP contribution in [-0.2, 0) is 0 Å². The van der Waals surface area contributed by atoms with E-state index >= 15 is 0 Å². The number of amides is 4. The molecule has 0 saturated carbocycles. The van der Waals surface area contributed by atoms with Crippen LogP contribution in [0.15, 0.2) is 60.7 Å². The molecule has 0 aromatic heterocycles. The van der Waals surface area contributed by atoms with E-state index in [0.29, 0.717) is 11.4 Å². The summed E-state index contributed by atoms with van der Waals surface area (Å²) in [4.78, 5) is 22.9. The maximum Gasteiger partial charge on any atom is 0.320 e. The van der Waals surface area contributed by atoms with Crippen molar-refractivity contribution in [2.24, 2.45) is 0 Å². The highest BCUT2D eigenvalue weighted by molar-refractivity contribution is 6.45. The summed E-state index contributed by atoms with van der Waals surface area (Å²) in [5.41, 5.74) is 1.20. The number of carbonyl (C=O) groups is 2. The lowest BCUT2D eigenvalue weighted by molar-refractivity contribution is 0.239. The molecular weight excluding hydrogens is 351 g/mol. The van der Waals surface area contributed by atoms with Crippen molar-refractivity contribution in [3.63, 3.8) is 0 Å². The minimum atomic E-state index is -1.03. The molecule has 6 nitrogen and oxygen atoms in total. The predicted molar refractivity (Wildman–Crippen MR) is 96.5 cm³/mol. The fourth-order valence-electron chi connectivity index (χ4n) is 1.82. The van der Waals surface area contributed by atoms with Crippen LogP contribution in [0, 0.1) is 0 Å². The van der Waals surface area contributed by atoms with E-state index in [0.717, 1.165) is 0 Å². The first kappa shape index (κ1) is 17.9. The van der Waals surface area contributed by atoms with Gasteiger partial charge in [0.15, 0.2) is 0 Å². The Morgan fingerprint density at radius 1 is 0.708 bits per heavy atom. The van der Waals surface area contributed by atoms with Gasteiger partial charge in [0.05, 0.1) is 0 Å². The quantitative estimate of drug-likeness (QED) is 0.479. The maximum atomic E-state index is 12.0. The van der Waals surface area contributed by atoms with Crippen molar-refractivity contribution in [1.82, 2.24) is 10.6 Å². The summed E-state index contributed by atoms with van der Waals surface area (Å²) in [5.74, 6) is 0. The largest absolute Gasteiger partial charge is 0.320 e. The molecule has 0 radical (unpaired) electrons. The minimum Gasteiger partial charge on any atom is -0.315 e. The summed E-state index contributed by atoms with van der Waals surface area (Å²) in [6.45, 7) is 0. The Balaban J connectivity index is 1.89. The Bertz CT molecular complexity index is 613. The zero-order valence-corrected chi connectivity index (χ0v) is 14.0. The number of hydrogen-bond acceptors (Lipinski definition) is 2. The van der Waals surface area contributed by atoms with E-state index < -0.39 is 23.1 Å². The highest BCUT2D eigenvalue weighted by Crippen LogP contribution is 2.09. The average molecular weight is 367 g/mol. The van der Waals surface area contributed by atoms with Gasteiger partial charge in [0, 0.05) is 11.4 Å². The summed E-state index contributed by atoms with van der Waals surface area (Å²) in [6.07, 6.45) is -0.972. The summed E-state index contributed by atoms with van der Waals surface area (Å²) < 4.78 is 0. The number of benzene rings is 2. The van der Waals surface area contributed by atoms with Crippen LogP contribution in [0.1, 0.15) is 0 Å². The fraction of sp³-hybridized carbons (Fsp3) is 0.125. The standard InChI is InChI=1S/C16H16Cl2N4O2/c17-13(18)14(21-15(23)19-11-7-3-1-4-8-11)22-16(24)20-12-9-5-2-6-10-12/h1-10,13-14H,(H2,19,21,23)(H2,20,22,24). The highest BCUT2D eigenvalue weighted by Gasteiger charge is 2.21. The first-order valence-electron chi connectivity index (χ1n) is 7.08. The summed E-state index contributed by atoms with van der Waals surface area (Å²) in [7, 11) is 0. The third-order valence-electron chi connectivity index (χ3n) is 2.89. The Kier molecular flexibility index (Phi) is 6.72. The lowest BCUT2D eigenvalue weighted by Crippen LogP contribution is -2.53. The van der Waals surface area contributed by atoms with Gasteiger partial charge >= 0.3 is 12.1 Å². The Morgan fingerprint density at radius 3 is 1.42 bits per heavy atom. The van der Waals surface area contributed by atoms with Crippen molar-refractivity contribution in [1.29, 1.82) is 0 Å². The van der Waals surface area contributed by atoms with Crippen molar-refractivity contribution in [3.05, 3.63) is 60.7 Å². The summed E-state index contributed by atoms with van der Waals surface area (Å²) in [6, 6.07) is 16.6. The van der Waals surface area contributed by atoms with Gasteiger partial charge in [-0.15, -0.1) is 23.2 Å². The number of carbonyl (C=O) groups excluding carboxylic acids is 2. The van der Waals surface area contributed by atoms with E-state index in [1.807, 2.05) is 12.1 Å². The molecule has 0 unspecified atom stereocenters. The van der Waals surface area contributed by atoms with Crippen molar-refractivity contribution >= 4 is 46.6 Å². The third kappa shape index (κ3) is 5.98. The fourth-order valence-corrected chi connectivity index (χ4v) is 2.07. The molecule has 24 heavy (non-hydrogen) atoms. The topological polar surface area (TPSA) is 82.3 Å². The molecule has 0 atom stereocenters. The molecule has 0 spiro atoms. The molecule has 4 amide bonds. The van der Waals surface area contributed by atoms with Gasteiger partial charge in [-0.2, -0.15) is 0 Å². The van der Waals surface area contributed by atoms with Gasteiger partial charge in [-0.3, -0.25) is 0 Å². The second kappa shape index (κ2) is 9.00. The molecule has 8 heteroatoms. The minimum absolute atomic E-state index is 0.544. The Morgan fingerprint density at radius 2 is 1.08 bits per heavy atom. The highest BCUT2D eigenvalue weighted by atomic mass is 35.5. The Hall–Kier alpha value is -2.44. The van der Waals surface area contributed by atoms with E-state index in [4.69, 9.17) is 23.2 Å². The van der Waals surface area contributed by atoms with Crippen molar-refractivity contribution in [3.8, 4) is 0 Å². The van der Waals surface area contributed by atoms with Crippen LogP contribution in [0.5, 0.6) is 0 Å². The van der Waals surface area contributed by atoms with Gasteiger partial charge in [0.1, 0.15) is 11.0 Å². The van der Waals surface area contributed by atoms with Crippen molar-refractivity contribution in [2.45, 2.75) is 11.0 Å². The van der Waals surface area contributed by atoms with Crippen LogP contribution >= 0.6 is 23.2 Å². The van der Waals surface area contributed by atoms with Crippen LogP contribution in [-0.4, -0.2) is 23.1 Å². The second-order valence-corrected chi connectivity index (χ2v) is 5.90. The number of para-hydroxylation sites is 2. The van der Waals surface area contributed by atoms with Crippen molar-refractivity contribution in [2.75, 3.05) is 10.6 Å². The van der Waals surface area contributed by atoms with E-state index in [9.17, 15) is 9.59 Å². The van der Waals surface area contributed by atoms with E-state index in [1.54, 1.807) is 48.5 Å². The van der Waals surface area contributed by atoms with Crippen LogP contribution in [0.4, 0.5) is 21.0 Å². The lowest BCUT2D eigenvalue weighted by Gasteiger charge is -2.21. The van der Waals surface area contributed by atoms with Gasteiger partial charge in [-0.25, -0.2) is 9.59 Å². The summed E-state index contributed by atoms with van der Waals surface area (Å²) in [5, 5.41) is 10.2. The molecule has 0 fully saturated rings. The number of anilines is 2. The Labute approximate surface area is 149 Å². The van der Waals surface area contributed by atoms with E-state index in [2.05, 4.69) is 21.3 Å². The van der Waals surface area contributed by atoms with E-state index in [1.165, 1.54) is 0 Å². The molecule has 126 valence electrons. The van der Waals surface area contributed by atoms with Gasteiger partial charge in [-0.05, 0) is 24.3 Å². The predicted octanol–water partition coefficient (Wildman–Crippen LogP) is 3.76. The molecule has 2 aromatic carbocycles. The molecule has 0 bridgehead atoms. The number of halogens is 2. The SMILES string of the molecule is O=C(Nc1ccccc1)NC(NC(=O)Nc1ccccc1)C(Cl)Cl. The normalized spacial score (nSPS) is 10.3. The molecule has 2 rings (SSSR count). The molecular formula is C16H16Cl2N4O2. The lowest BCUT2D eigenvalue weighted by atomic mass is 10.3. The van der Waals surface area contributed by atoms with Gasteiger partial charge < -0.3 is 21.3 Å². The second-order valence-electron chi connectivity index (χ2n) is 4.74. The molecule has 0 aliphatic rings. The maximum absolute atomic E-state index is 12.0. The molecule has 0 aliphatic carbocycles. The number of alkyl halides is 2. The van der Waals surface area contributed by atoms with Crippen LogP contribution in [0.3, 0.4) is 0 Å². The zero-order valence-electron chi connectivity index (χ0n) is 12.5. The van der Waals surface area contributed by atoms with Crippen LogP contribution < -0.4 is 21.3 Å². The van der Waals surface area contributed by atoms with Gasteiger partial charge in [-0.1, -0.05) is 36.4 Å². The zero-order chi connectivity index (χ0) is 17.4. The number of hydrogen-bond donors (Lipinski definition) is 4. The van der Waals surface area contributed by atoms with Gasteiger partial charge in [0.2, 0.25) is 0 Å². The van der Waals surface area contributed by atoms with Gasteiger partial charge in [0.25, 0.3) is 0 Å². The van der Waals surface area contributed by atoms with E-state index in [-0.39, 0.29) is 0 Å². The average Bonchev–Trinajstić information content (AvgIpc) is 2.56. The van der Waals surface area contributed by atoms with Crippen LogP contribution in [0.25, 0.3) is 0 Å². The van der Waals surface area contributed by atoms with Crippen molar-refractivity contribution < 1.29 is 9.59 Å². The number of nitrogens with one attached hydrogen (secondary N) is 4. The van der Waals surface area contributed by atoms with Crippen LogP contribution in [0.2, 0.25) is 0 Å². The molecule has 0 aliphatic heterocycles. The smallest absolute Gasteiger partial charge is 0.315 e. The monoisotopic (exact) mass is 366 g/mol.